The summed E-state index contributed by atoms with van der Waals surface area (Å²) in [5, 5.41) is 3.00. The Morgan fingerprint density at radius 3 is 2.64 bits per heavy atom. The van der Waals surface area contributed by atoms with Crippen molar-refractivity contribution in [3.05, 3.63) is 0 Å². The van der Waals surface area contributed by atoms with Crippen molar-refractivity contribution in [2.45, 2.75) is 45.4 Å². The molecule has 0 atom stereocenters. The van der Waals surface area contributed by atoms with Gasteiger partial charge in [-0.25, -0.2) is 0 Å². The molecule has 1 N–H and O–H groups in total. The predicted octanol–water partition coefficient (Wildman–Crippen LogP) is 2.70. The lowest BCUT2D eigenvalue weighted by Gasteiger charge is -2.38. The molecule has 1 rings (SSSR count). The number of nitrogens with one attached hydrogen (secondary N) is 1. The normalized spacial score (nSPS) is 18.7. The summed E-state index contributed by atoms with van der Waals surface area (Å²) < 4.78 is 0. The summed E-state index contributed by atoms with van der Waals surface area (Å²) in [6.07, 6.45) is 6.31. The Hall–Kier alpha value is -0.240. The quantitative estimate of drug-likeness (QED) is 0.538. The predicted molar refractivity (Wildman–Crippen MR) is 59.5 cm³/mol. The number of unbranched alkanes of at least 4 members (excludes halogenated alkanes) is 1. The van der Waals surface area contributed by atoms with Crippen LogP contribution in [0.5, 0.6) is 0 Å². The van der Waals surface area contributed by atoms with Gasteiger partial charge in [-0.3, -0.25) is 4.79 Å². The molecule has 2 nitrogen and oxygen atoms in total. The zero-order chi connectivity index (χ0) is 10.4. The lowest BCUT2D eigenvalue weighted by Crippen LogP contribution is -2.39. The molecule has 0 bridgehead atoms. The maximum Gasteiger partial charge on any atom is 0.220 e. The van der Waals surface area contributed by atoms with Gasteiger partial charge in [0.05, 0.1) is 0 Å². The third kappa shape index (κ3) is 3.87. The summed E-state index contributed by atoms with van der Waals surface area (Å²) in [4.78, 5) is 11.4. The fraction of sp³-hybridized carbons (Fsp3) is 0.909. The third-order valence-electron chi connectivity index (χ3n) is 3.06. The summed E-state index contributed by atoms with van der Waals surface area (Å²) in [5.41, 5.74) is 0.391. The van der Waals surface area contributed by atoms with Crippen molar-refractivity contribution in [1.82, 2.24) is 5.32 Å². The SMILES string of the molecule is CC1(CNC(=O)CCCCCl)CCC1. The highest BCUT2D eigenvalue weighted by Crippen LogP contribution is 2.39. The van der Waals surface area contributed by atoms with Gasteiger partial charge in [-0.1, -0.05) is 13.3 Å². The monoisotopic (exact) mass is 217 g/mol. The van der Waals surface area contributed by atoms with Crippen LogP contribution in [0.4, 0.5) is 0 Å². The molecule has 82 valence electrons. The molecule has 14 heavy (non-hydrogen) atoms. The van der Waals surface area contributed by atoms with Crippen LogP contribution in [-0.4, -0.2) is 18.3 Å². The Kier molecular flexibility index (Phi) is 4.73. The minimum Gasteiger partial charge on any atom is -0.356 e. The molecule has 1 saturated carbocycles. The van der Waals surface area contributed by atoms with Gasteiger partial charge in [0.1, 0.15) is 0 Å². The zero-order valence-corrected chi connectivity index (χ0v) is 9.70. The van der Waals surface area contributed by atoms with Gasteiger partial charge < -0.3 is 5.32 Å². The van der Waals surface area contributed by atoms with Crippen LogP contribution in [0.1, 0.15) is 45.4 Å². The van der Waals surface area contributed by atoms with E-state index in [-0.39, 0.29) is 5.91 Å². The molecule has 0 spiro atoms. The smallest absolute Gasteiger partial charge is 0.220 e. The summed E-state index contributed by atoms with van der Waals surface area (Å²) in [6, 6.07) is 0. The Labute approximate surface area is 91.4 Å². The number of amides is 1. The topological polar surface area (TPSA) is 29.1 Å². The average Bonchev–Trinajstić information content (AvgIpc) is 2.12. The second-order valence-electron chi connectivity index (χ2n) is 4.59. The summed E-state index contributed by atoms with van der Waals surface area (Å²) in [5.74, 6) is 0.841. The van der Waals surface area contributed by atoms with Gasteiger partial charge in [-0.15, -0.1) is 11.6 Å². The number of alkyl halides is 1. The van der Waals surface area contributed by atoms with Gasteiger partial charge in [-0.05, 0) is 31.1 Å². The molecule has 0 radical (unpaired) electrons. The number of hydrogen-bond acceptors (Lipinski definition) is 1. The van der Waals surface area contributed by atoms with Crippen molar-refractivity contribution >= 4 is 17.5 Å². The molecule has 0 unspecified atom stereocenters. The summed E-state index contributed by atoms with van der Waals surface area (Å²) in [6.45, 7) is 3.10. The first-order valence-electron chi connectivity index (χ1n) is 5.49. The number of hydrogen-bond donors (Lipinski definition) is 1. The van der Waals surface area contributed by atoms with E-state index in [1.807, 2.05) is 0 Å². The first-order chi connectivity index (χ1) is 6.66. The van der Waals surface area contributed by atoms with Crippen LogP contribution in [0.2, 0.25) is 0 Å². The van der Waals surface area contributed by atoms with E-state index in [0.29, 0.717) is 17.7 Å². The van der Waals surface area contributed by atoms with Crippen molar-refractivity contribution in [2.75, 3.05) is 12.4 Å². The van der Waals surface area contributed by atoms with E-state index in [1.54, 1.807) is 0 Å². The van der Waals surface area contributed by atoms with Crippen molar-refractivity contribution in [2.24, 2.45) is 5.41 Å². The maximum absolute atomic E-state index is 11.4. The molecular weight excluding hydrogens is 198 g/mol. The summed E-state index contributed by atoms with van der Waals surface area (Å²) >= 11 is 5.53. The van der Waals surface area contributed by atoms with Gasteiger partial charge in [0, 0.05) is 18.8 Å². The number of carbonyl (C=O) groups excluding carboxylic acids is 1. The lowest BCUT2D eigenvalue weighted by atomic mass is 9.70. The largest absolute Gasteiger partial charge is 0.356 e. The number of carbonyl (C=O) groups is 1. The molecule has 0 aromatic rings. The fourth-order valence-electron chi connectivity index (χ4n) is 1.74. The van der Waals surface area contributed by atoms with Crippen molar-refractivity contribution in [1.29, 1.82) is 0 Å². The Morgan fingerprint density at radius 2 is 2.14 bits per heavy atom. The van der Waals surface area contributed by atoms with Crippen molar-refractivity contribution < 1.29 is 4.79 Å². The highest BCUT2D eigenvalue weighted by molar-refractivity contribution is 6.17. The highest BCUT2D eigenvalue weighted by atomic mass is 35.5. The molecule has 0 heterocycles. The van der Waals surface area contributed by atoms with Crippen molar-refractivity contribution in [3.63, 3.8) is 0 Å². The van der Waals surface area contributed by atoms with Crippen LogP contribution in [0, 0.1) is 5.41 Å². The first kappa shape index (κ1) is 11.8. The molecule has 1 amide bonds. The molecule has 0 aromatic heterocycles. The van der Waals surface area contributed by atoms with Crippen LogP contribution in [0.15, 0.2) is 0 Å². The van der Waals surface area contributed by atoms with E-state index >= 15 is 0 Å². The van der Waals surface area contributed by atoms with Gasteiger partial charge in [0.25, 0.3) is 0 Å². The van der Waals surface area contributed by atoms with Gasteiger partial charge in [0.15, 0.2) is 0 Å². The van der Waals surface area contributed by atoms with Crippen molar-refractivity contribution in [3.8, 4) is 0 Å². The van der Waals surface area contributed by atoms with E-state index in [1.165, 1.54) is 19.3 Å². The van der Waals surface area contributed by atoms with E-state index in [4.69, 9.17) is 11.6 Å². The standard InChI is InChI=1S/C11H20ClNO/c1-11(6-4-7-11)9-13-10(14)5-2-3-8-12/h2-9H2,1H3,(H,13,14). The first-order valence-corrected chi connectivity index (χ1v) is 6.02. The van der Waals surface area contributed by atoms with E-state index < -0.39 is 0 Å². The summed E-state index contributed by atoms with van der Waals surface area (Å²) in [7, 11) is 0. The van der Waals surface area contributed by atoms with E-state index in [9.17, 15) is 4.79 Å². The molecular formula is C11H20ClNO. The maximum atomic E-state index is 11.4. The van der Waals surface area contributed by atoms with Crippen LogP contribution in [0.3, 0.4) is 0 Å². The average molecular weight is 218 g/mol. The van der Waals surface area contributed by atoms with Crippen LogP contribution < -0.4 is 5.32 Å². The molecule has 1 aliphatic rings. The van der Waals surface area contributed by atoms with Crippen LogP contribution >= 0.6 is 11.6 Å². The zero-order valence-electron chi connectivity index (χ0n) is 8.94. The van der Waals surface area contributed by atoms with Gasteiger partial charge in [-0.2, -0.15) is 0 Å². The van der Waals surface area contributed by atoms with E-state index in [2.05, 4.69) is 12.2 Å². The molecule has 3 heteroatoms. The highest BCUT2D eigenvalue weighted by Gasteiger charge is 2.31. The Balaban J connectivity index is 2.03. The minimum atomic E-state index is 0.184. The lowest BCUT2D eigenvalue weighted by molar-refractivity contribution is -0.122. The third-order valence-corrected chi connectivity index (χ3v) is 3.33. The number of rotatable bonds is 6. The second-order valence-corrected chi connectivity index (χ2v) is 4.96. The minimum absolute atomic E-state index is 0.184. The molecule has 1 fully saturated rings. The molecule has 1 aliphatic carbocycles. The molecule has 0 saturated heterocycles. The molecule has 0 aromatic carbocycles. The van der Waals surface area contributed by atoms with Crippen LogP contribution in [-0.2, 0) is 4.79 Å². The van der Waals surface area contributed by atoms with E-state index in [0.717, 1.165) is 19.4 Å². The Bertz CT molecular complexity index is 190. The number of halogens is 1. The fourth-order valence-corrected chi connectivity index (χ4v) is 1.93. The van der Waals surface area contributed by atoms with Crippen LogP contribution in [0.25, 0.3) is 0 Å². The van der Waals surface area contributed by atoms with Gasteiger partial charge >= 0.3 is 0 Å². The molecule has 0 aliphatic heterocycles. The second kappa shape index (κ2) is 5.59. The van der Waals surface area contributed by atoms with Gasteiger partial charge in [0.2, 0.25) is 5.91 Å². The Morgan fingerprint density at radius 1 is 1.43 bits per heavy atom.